The lowest BCUT2D eigenvalue weighted by atomic mass is 10.2. The van der Waals surface area contributed by atoms with Crippen molar-refractivity contribution in [2.24, 2.45) is 0 Å². The van der Waals surface area contributed by atoms with Gasteiger partial charge in [0.1, 0.15) is 4.88 Å². The number of para-hydroxylation sites is 1. The summed E-state index contributed by atoms with van der Waals surface area (Å²) in [5, 5.41) is 2.02. The molecular weight excluding hydrogens is 433 g/mol. The predicted molar refractivity (Wildman–Crippen MR) is 88.1 cm³/mol. The molecule has 2 aromatic carbocycles. The van der Waals surface area contributed by atoms with Crippen LogP contribution in [0.3, 0.4) is 0 Å². The predicted octanol–water partition coefficient (Wildman–Crippen LogP) is 2.07. The lowest BCUT2D eigenvalue weighted by Gasteiger charge is -1.99. The van der Waals surface area contributed by atoms with Crippen molar-refractivity contribution in [1.82, 2.24) is 0 Å². The Bertz CT molecular complexity index is 711. The molecule has 0 unspecified atom stereocenters. The maximum Gasteiger partial charge on any atom is 0.264 e. The van der Waals surface area contributed by atoms with E-state index in [9.17, 15) is 0 Å². The van der Waals surface area contributed by atoms with E-state index >= 15 is 0 Å². The molecule has 0 atom stereocenters. The first-order valence-electron chi connectivity index (χ1n) is 6.18. The summed E-state index contributed by atoms with van der Waals surface area (Å²) in [6, 6.07) is 18.4. The first kappa shape index (κ1) is 16.8. The molecular formula is C16H13ClINS2. The van der Waals surface area contributed by atoms with Crippen molar-refractivity contribution in [2.45, 2.75) is 5.03 Å². The molecule has 3 rings (SSSR count). The van der Waals surface area contributed by atoms with Crippen LogP contribution in [0.25, 0.3) is 16.1 Å². The van der Waals surface area contributed by atoms with Gasteiger partial charge in [-0.25, -0.2) is 0 Å². The van der Waals surface area contributed by atoms with Gasteiger partial charge in [-0.05, 0) is 24.0 Å². The molecule has 0 bridgehead atoms. The molecule has 0 N–H and O–H groups in total. The molecule has 5 heteroatoms. The van der Waals surface area contributed by atoms with E-state index in [1.54, 1.807) is 23.1 Å². The summed E-state index contributed by atoms with van der Waals surface area (Å²) in [6.07, 6.45) is 2.11. The van der Waals surface area contributed by atoms with E-state index < -0.39 is 0 Å². The molecule has 1 aromatic heterocycles. The van der Waals surface area contributed by atoms with Gasteiger partial charge in [0.15, 0.2) is 0 Å². The van der Waals surface area contributed by atoms with Crippen molar-refractivity contribution in [3.63, 3.8) is 0 Å². The molecule has 1 heterocycles. The molecule has 0 aliphatic heterocycles. The highest BCUT2D eigenvalue weighted by Crippen LogP contribution is 2.33. The van der Waals surface area contributed by atoms with Gasteiger partial charge in [0.05, 0.1) is 0 Å². The second-order valence-corrected chi connectivity index (χ2v) is 6.36. The summed E-state index contributed by atoms with van der Waals surface area (Å²) in [4.78, 5) is 1.28. The smallest absolute Gasteiger partial charge is 0.264 e. The van der Waals surface area contributed by atoms with Crippen molar-refractivity contribution >= 4 is 34.7 Å². The summed E-state index contributed by atoms with van der Waals surface area (Å²) < 4.78 is 2.24. The third-order valence-electron chi connectivity index (χ3n) is 3.02. The fourth-order valence-corrected chi connectivity index (χ4v) is 4.22. The van der Waals surface area contributed by atoms with Gasteiger partial charge in [-0.1, -0.05) is 65.0 Å². The Hall–Kier alpha value is -0.560. The monoisotopic (exact) mass is 445 g/mol. The van der Waals surface area contributed by atoms with E-state index in [1.807, 2.05) is 18.2 Å². The van der Waals surface area contributed by atoms with Crippen LogP contribution in [0.1, 0.15) is 0 Å². The molecule has 0 fully saturated rings. The van der Waals surface area contributed by atoms with Crippen LogP contribution >= 0.6 is 34.7 Å². The number of halogens is 2. The van der Waals surface area contributed by atoms with Crippen LogP contribution in [0, 0.1) is 0 Å². The van der Waals surface area contributed by atoms with Crippen molar-refractivity contribution < 1.29 is 28.5 Å². The molecule has 0 aliphatic rings. The first-order chi connectivity index (χ1) is 9.79. The summed E-state index contributed by atoms with van der Waals surface area (Å²) in [5.74, 6) is 0. The second-order valence-electron chi connectivity index (χ2n) is 4.27. The Kier molecular flexibility index (Phi) is 6.10. The number of aromatic nitrogens is 1. The standard InChI is InChI=1S/C16H13ClNS2.HI/c1-19-16-15(12-7-9-13(17)10-8-12)20-11-18(16)14-5-3-2-4-6-14;/h2-11H,1H3;1H/q+1;/p-1. The summed E-state index contributed by atoms with van der Waals surface area (Å²) in [7, 11) is 0. The van der Waals surface area contributed by atoms with Crippen molar-refractivity contribution in [2.75, 3.05) is 6.26 Å². The zero-order chi connectivity index (χ0) is 13.9. The maximum absolute atomic E-state index is 5.97. The molecule has 108 valence electrons. The molecule has 0 aliphatic carbocycles. The highest BCUT2D eigenvalue weighted by Gasteiger charge is 2.21. The van der Waals surface area contributed by atoms with Crippen molar-refractivity contribution in [3.8, 4) is 16.1 Å². The quantitative estimate of drug-likeness (QED) is 0.339. The van der Waals surface area contributed by atoms with Crippen LogP contribution in [0.4, 0.5) is 0 Å². The van der Waals surface area contributed by atoms with E-state index in [4.69, 9.17) is 11.6 Å². The molecule has 0 radical (unpaired) electrons. The van der Waals surface area contributed by atoms with Crippen LogP contribution in [-0.4, -0.2) is 6.26 Å². The van der Waals surface area contributed by atoms with Gasteiger partial charge >= 0.3 is 0 Å². The Morgan fingerprint density at radius 2 is 1.67 bits per heavy atom. The highest BCUT2D eigenvalue weighted by molar-refractivity contribution is 7.98. The van der Waals surface area contributed by atoms with Gasteiger partial charge in [-0.3, -0.25) is 0 Å². The largest absolute Gasteiger partial charge is 1.00 e. The molecule has 0 saturated heterocycles. The minimum Gasteiger partial charge on any atom is -1.00 e. The number of hydrogen-bond donors (Lipinski definition) is 0. The average Bonchev–Trinajstić information content (AvgIpc) is 2.93. The van der Waals surface area contributed by atoms with Crippen LogP contribution in [0.2, 0.25) is 5.02 Å². The lowest BCUT2D eigenvalue weighted by molar-refractivity contribution is -0.629. The third-order valence-corrected chi connectivity index (χ3v) is 5.17. The zero-order valence-electron chi connectivity index (χ0n) is 11.3. The number of thiazole rings is 1. The van der Waals surface area contributed by atoms with E-state index in [-0.39, 0.29) is 24.0 Å². The van der Waals surface area contributed by atoms with Crippen LogP contribution in [0.15, 0.2) is 65.1 Å². The zero-order valence-corrected chi connectivity index (χ0v) is 15.8. The summed E-state index contributed by atoms with van der Waals surface area (Å²) in [5.41, 5.74) is 4.55. The Morgan fingerprint density at radius 3 is 2.29 bits per heavy atom. The fraction of sp³-hybridized carbons (Fsp3) is 0.0625. The lowest BCUT2D eigenvalue weighted by Crippen LogP contribution is -3.00. The molecule has 1 nitrogen and oxygen atoms in total. The second kappa shape index (κ2) is 7.63. The van der Waals surface area contributed by atoms with Gasteiger partial charge in [-0.2, -0.15) is 0 Å². The average molecular weight is 446 g/mol. The number of rotatable bonds is 3. The topological polar surface area (TPSA) is 3.88 Å². The van der Waals surface area contributed by atoms with Gasteiger partial charge < -0.3 is 24.0 Å². The molecule has 0 saturated carbocycles. The van der Waals surface area contributed by atoms with E-state index in [2.05, 4.69) is 52.7 Å². The molecule has 0 amide bonds. The van der Waals surface area contributed by atoms with Crippen molar-refractivity contribution in [1.29, 1.82) is 0 Å². The Morgan fingerprint density at radius 1 is 1.00 bits per heavy atom. The molecule has 3 aromatic rings. The van der Waals surface area contributed by atoms with Gasteiger partial charge in [-0.15, -0.1) is 4.57 Å². The molecule has 0 spiro atoms. The maximum atomic E-state index is 5.97. The van der Waals surface area contributed by atoms with Crippen LogP contribution < -0.4 is 28.5 Å². The first-order valence-corrected chi connectivity index (χ1v) is 8.66. The van der Waals surface area contributed by atoms with Crippen LogP contribution in [-0.2, 0) is 0 Å². The van der Waals surface area contributed by atoms with E-state index in [1.165, 1.54) is 21.2 Å². The number of thioether (sulfide) groups is 1. The number of hydrogen-bond acceptors (Lipinski definition) is 2. The van der Waals surface area contributed by atoms with Gasteiger partial charge in [0.25, 0.3) is 5.03 Å². The summed E-state index contributed by atoms with van der Waals surface area (Å²) >= 11 is 9.48. The molecule has 21 heavy (non-hydrogen) atoms. The number of benzene rings is 2. The summed E-state index contributed by atoms with van der Waals surface area (Å²) in [6.45, 7) is 0. The third kappa shape index (κ3) is 3.62. The minimum absolute atomic E-state index is 0. The van der Waals surface area contributed by atoms with E-state index in [0.717, 1.165) is 5.02 Å². The Balaban J connectivity index is 0.00000161. The Labute approximate surface area is 155 Å². The normalized spacial score (nSPS) is 10.2. The van der Waals surface area contributed by atoms with E-state index in [0.29, 0.717) is 0 Å². The van der Waals surface area contributed by atoms with Crippen LogP contribution in [0.5, 0.6) is 0 Å². The van der Waals surface area contributed by atoms with Gasteiger partial charge in [0.2, 0.25) is 11.2 Å². The SMILES string of the molecule is CSc1c(-c2ccc(Cl)cc2)sc[n+]1-c1ccccc1.[I-]. The minimum atomic E-state index is 0. The fourth-order valence-electron chi connectivity index (χ4n) is 2.06. The number of nitrogens with zero attached hydrogens (tertiary/aromatic N) is 1. The highest BCUT2D eigenvalue weighted by atomic mass is 127. The van der Waals surface area contributed by atoms with Crippen molar-refractivity contribution in [3.05, 3.63) is 65.1 Å². The van der Waals surface area contributed by atoms with Gasteiger partial charge in [0, 0.05) is 17.2 Å².